The SMILES string of the molecule is Cc1nnc(Oc2ccc(I)cc2C(=O)O)nc1C. The van der Waals surface area contributed by atoms with Crippen LogP contribution in [0.25, 0.3) is 0 Å². The lowest BCUT2D eigenvalue weighted by atomic mass is 10.2. The molecule has 0 fully saturated rings. The van der Waals surface area contributed by atoms with Gasteiger partial charge in [-0.15, -0.1) is 5.10 Å². The van der Waals surface area contributed by atoms with Crippen LogP contribution in [0, 0.1) is 17.4 Å². The second-order valence-electron chi connectivity index (χ2n) is 3.81. The number of aromatic nitrogens is 3. The molecule has 2 aromatic rings. The van der Waals surface area contributed by atoms with E-state index in [9.17, 15) is 4.79 Å². The zero-order valence-electron chi connectivity index (χ0n) is 10.2. The van der Waals surface area contributed by atoms with Gasteiger partial charge in [0.1, 0.15) is 11.3 Å². The van der Waals surface area contributed by atoms with Crippen LogP contribution >= 0.6 is 22.6 Å². The lowest BCUT2D eigenvalue weighted by molar-refractivity contribution is 0.0694. The van der Waals surface area contributed by atoms with Crippen molar-refractivity contribution in [1.29, 1.82) is 0 Å². The molecular weight excluding hydrogens is 361 g/mol. The monoisotopic (exact) mass is 371 g/mol. The molecule has 98 valence electrons. The number of aryl methyl sites for hydroxylation is 2. The van der Waals surface area contributed by atoms with Gasteiger partial charge in [-0.25, -0.2) is 4.79 Å². The third kappa shape index (κ3) is 3.16. The van der Waals surface area contributed by atoms with Crippen molar-refractivity contribution in [3.8, 4) is 11.8 Å². The molecule has 0 spiro atoms. The number of hydrogen-bond donors (Lipinski definition) is 1. The number of benzene rings is 1. The van der Waals surface area contributed by atoms with Gasteiger partial charge in [-0.2, -0.15) is 4.98 Å². The number of carboxylic acids is 1. The van der Waals surface area contributed by atoms with Crippen molar-refractivity contribution < 1.29 is 14.6 Å². The van der Waals surface area contributed by atoms with Crippen molar-refractivity contribution in [2.45, 2.75) is 13.8 Å². The molecule has 0 atom stereocenters. The van der Waals surface area contributed by atoms with E-state index in [0.717, 1.165) is 3.57 Å². The molecule has 1 N–H and O–H groups in total. The first-order chi connectivity index (χ1) is 8.97. The highest BCUT2D eigenvalue weighted by molar-refractivity contribution is 14.1. The van der Waals surface area contributed by atoms with Gasteiger partial charge in [-0.05, 0) is 54.6 Å². The van der Waals surface area contributed by atoms with Crippen molar-refractivity contribution in [3.63, 3.8) is 0 Å². The Labute approximate surface area is 123 Å². The van der Waals surface area contributed by atoms with Gasteiger partial charge in [0.25, 0.3) is 0 Å². The highest BCUT2D eigenvalue weighted by atomic mass is 127. The number of carbonyl (C=O) groups is 1. The smallest absolute Gasteiger partial charge is 0.341 e. The van der Waals surface area contributed by atoms with Crippen LogP contribution in [0.5, 0.6) is 11.8 Å². The van der Waals surface area contributed by atoms with Crippen LogP contribution < -0.4 is 4.74 Å². The minimum atomic E-state index is -1.06. The maximum absolute atomic E-state index is 11.1. The summed E-state index contributed by atoms with van der Waals surface area (Å²) in [6.07, 6.45) is 0. The van der Waals surface area contributed by atoms with Crippen LogP contribution in [0.15, 0.2) is 18.2 Å². The summed E-state index contributed by atoms with van der Waals surface area (Å²) in [4.78, 5) is 15.2. The van der Waals surface area contributed by atoms with Gasteiger partial charge in [0, 0.05) is 3.57 Å². The van der Waals surface area contributed by atoms with Gasteiger partial charge in [-0.1, -0.05) is 5.10 Å². The van der Waals surface area contributed by atoms with Gasteiger partial charge in [0.2, 0.25) is 0 Å². The van der Waals surface area contributed by atoms with E-state index in [2.05, 4.69) is 15.2 Å². The van der Waals surface area contributed by atoms with E-state index in [1.54, 1.807) is 26.0 Å². The molecule has 7 heteroatoms. The molecule has 19 heavy (non-hydrogen) atoms. The Morgan fingerprint density at radius 2 is 2.00 bits per heavy atom. The molecule has 0 aliphatic rings. The van der Waals surface area contributed by atoms with Crippen molar-refractivity contribution in [3.05, 3.63) is 38.7 Å². The molecule has 0 saturated heterocycles. The van der Waals surface area contributed by atoms with Crippen molar-refractivity contribution >= 4 is 28.6 Å². The van der Waals surface area contributed by atoms with Crippen LogP contribution in [0.3, 0.4) is 0 Å². The zero-order valence-corrected chi connectivity index (χ0v) is 12.4. The van der Waals surface area contributed by atoms with Gasteiger partial charge in [0.05, 0.1) is 11.4 Å². The summed E-state index contributed by atoms with van der Waals surface area (Å²) in [6.45, 7) is 3.57. The molecule has 0 unspecified atom stereocenters. The second kappa shape index (κ2) is 5.47. The second-order valence-corrected chi connectivity index (χ2v) is 5.06. The predicted octanol–water partition coefficient (Wildman–Crippen LogP) is 2.58. The highest BCUT2D eigenvalue weighted by Crippen LogP contribution is 2.25. The van der Waals surface area contributed by atoms with E-state index in [1.165, 1.54) is 6.07 Å². The molecular formula is C12H10IN3O3. The van der Waals surface area contributed by atoms with Crippen LogP contribution in [0.4, 0.5) is 0 Å². The van der Waals surface area contributed by atoms with Crippen LogP contribution in [-0.4, -0.2) is 26.3 Å². The van der Waals surface area contributed by atoms with E-state index in [0.29, 0.717) is 11.4 Å². The maximum Gasteiger partial charge on any atom is 0.341 e. The van der Waals surface area contributed by atoms with E-state index < -0.39 is 5.97 Å². The van der Waals surface area contributed by atoms with E-state index in [-0.39, 0.29) is 17.3 Å². The van der Waals surface area contributed by atoms with Crippen LogP contribution in [-0.2, 0) is 0 Å². The number of rotatable bonds is 3. The Balaban J connectivity index is 2.37. The number of carboxylic acid groups (broad SMARTS) is 1. The molecule has 1 heterocycles. The third-order valence-corrected chi connectivity index (χ3v) is 3.12. The van der Waals surface area contributed by atoms with Crippen molar-refractivity contribution in [1.82, 2.24) is 15.2 Å². The summed E-state index contributed by atoms with van der Waals surface area (Å²) in [6, 6.07) is 4.87. The average Bonchev–Trinajstić information content (AvgIpc) is 2.36. The van der Waals surface area contributed by atoms with Crippen LogP contribution in [0.2, 0.25) is 0 Å². The lowest BCUT2D eigenvalue weighted by Gasteiger charge is -2.07. The fourth-order valence-electron chi connectivity index (χ4n) is 1.34. The molecule has 0 aliphatic carbocycles. The number of ether oxygens (including phenoxy) is 1. The fraction of sp³-hybridized carbons (Fsp3) is 0.167. The van der Waals surface area contributed by atoms with Gasteiger partial charge >= 0.3 is 12.0 Å². The van der Waals surface area contributed by atoms with Gasteiger partial charge in [-0.3, -0.25) is 0 Å². The minimum Gasteiger partial charge on any atom is -0.478 e. The maximum atomic E-state index is 11.1. The normalized spacial score (nSPS) is 10.3. The Bertz CT molecular complexity index is 646. The lowest BCUT2D eigenvalue weighted by Crippen LogP contribution is -2.04. The molecule has 6 nitrogen and oxygen atoms in total. The summed E-state index contributed by atoms with van der Waals surface area (Å²) in [5.74, 6) is -0.872. The summed E-state index contributed by atoms with van der Waals surface area (Å²) in [7, 11) is 0. The Morgan fingerprint density at radius 3 is 2.63 bits per heavy atom. The number of hydrogen-bond acceptors (Lipinski definition) is 5. The Hall–Kier alpha value is -1.77. The number of halogens is 1. The largest absolute Gasteiger partial charge is 0.478 e. The Morgan fingerprint density at radius 1 is 1.26 bits per heavy atom. The summed E-state index contributed by atoms with van der Waals surface area (Å²) in [5.41, 5.74) is 1.45. The van der Waals surface area contributed by atoms with E-state index in [1.807, 2.05) is 22.6 Å². The van der Waals surface area contributed by atoms with Crippen LogP contribution in [0.1, 0.15) is 21.7 Å². The minimum absolute atomic E-state index is 0.0341. The molecule has 1 aromatic carbocycles. The first kappa shape index (κ1) is 13.7. The first-order valence-corrected chi connectivity index (χ1v) is 6.44. The molecule has 0 aliphatic heterocycles. The summed E-state index contributed by atoms with van der Waals surface area (Å²) >= 11 is 2.03. The quantitative estimate of drug-likeness (QED) is 0.835. The Kier molecular flexibility index (Phi) is 3.93. The number of nitrogens with zero attached hydrogens (tertiary/aromatic N) is 3. The predicted molar refractivity (Wildman–Crippen MR) is 75.5 cm³/mol. The topological polar surface area (TPSA) is 85.2 Å². The van der Waals surface area contributed by atoms with Gasteiger partial charge in [0.15, 0.2) is 0 Å². The van der Waals surface area contributed by atoms with E-state index in [4.69, 9.17) is 9.84 Å². The molecule has 0 saturated carbocycles. The highest BCUT2D eigenvalue weighted by Gasteiger charge is 2.14. The molecule has 0 radical (unpaired) electrons. The first-order valence-electron chi connectivity index (χ1n) is 5.36. The number of aromatic carboxylic acids is 1. The fourth-order valence-corrected chi connectivity index (χ4v) is 1.83. The summed E-state index contributed by atoms with van der Waals surface area (Å²) < 4.78 is 6.20. The molecule has 0 amide bonds. The molecule has 1 aromatic heterocycles. The average molecular weight is 371 g/mol. The van der Waals surface area contributed by atoms with Gasteiger partial charge < -0.3 is 9.84 Å². The van der Waals surface area contributed by atoms with Crippen molar-refractivity contribution in [2.75, 3.05) is 0 Å². The standard InChI is InChI=1S/C12H10IN3O3/c1-6-7(2)15-16-12(14-6)19-10-4-3-8(13)5-9(10)11(17)18/h3-5H,1-2H3,(H,17,18). The summed E-state index contributed by atoms with van der Waals surface area (Å²) in [5, 5.41) is 16.8. The molecule has 0 bridgehead atoms. The van der Waals surface area contributed by atoms with Crippen molar-refractivity contribution in [2.24, 2.45) is 0 Å². The molecule has 2 rings (SSSR count). The third-order valence-electron chi connectivity index (χ3n) is 2.45. The van der Waals surface area contributed by atoms with E-state index >= 15 is 0 Å². The zero-order chi connectivity index (χ0) is 14.0.